The Morgan fingerprint density at radius 2 is 1.68 bits per heavy atom. The van der Waals surface area contributed by atoms with Crippen LogP contribution in [0.25, 0.3) is 38.6 Å². The number of hydrogen-bond donors (Lipinski definition) is 2. The standard InChI is InChI=1S/C30H20Cl3N5O2/c1-16(37-29-25-23(39)12-13-34-28(25)35-15-36-29)27-26(33)20-9-5-8-19(17-10-11-21(31)22(32)14-17)24(20)30(40)38(27)18-6-3-2-4-7-18/h2-16H,1H3,(H2,34,35,36,37,39)/t16-/m0/s1. The fraction of sp³-hybridized carbons (Fsp3) is 0.0667. The Balaban J connectivity index is 1.62. The van der Waals surface area contributed by atoms with Gasteiger partial charge in [-0.15, -0.1) is 0 Å². The molecule has 2 N–H and O–H groups in total. The van der Waals surface area contributed by atoms with E-state index in [0.717, 1.165) is 5.56 Å². The molecular formula is C30H20Cl3N5O2. The van der Waals surface area contributed by atoms with Crippen LogP contribution in [0.5, 0.6) is 0 Å². The Morgan fingerprint density at radius 1 is 0.875 bits per heavy atom. The van der Waals surface area contributed by atoms with Gasteiger partial charge in [0.2, 0.25) is 0 Å². The molecule has 6 rings (SSSR count). The molecule has 0 spiro atoms. The number of aromatic nitrogens is 4. The SMILES string of the molecule is C[C@H](Nc1ncnc2[nH]ccc(=O)c12)c1c(Cl)c2cccc(-c3ccc(Cl)c(Cl)c3)c2c(=O)n1-c1ccccc1. The molecule has 3 aromatic heterocycles. The van der Waals surface area contributed by atoms with Gasteiger partial charge in [-0.1, -0.05) is 77.3 Å². The highest BCUT2D eigenvalue weighted by molar-refractivity contribution is 6.42. The van der Waals surface area contributed by atoms with Crippen molar-refractivity contribution in [3.8, 4) is 16.8 Å². The number of nitrogens with zero attached hydrogens (tertiary/aromatic N) is 3. The first-order valence-corrected chi connectivity index (χ1v) is 13.5. The number of hydrogen-bond acceptors (Lipinski definition) is 5. The molecule has 0 saturated carbocycles. The lowest BCUT2D eigenvalue weighted by atomic mass is 9.97. The molecule has 7 nitrogen and oxygen atoms in total. The predicted octanol–water partition coefficient (Wildman–Crippen LogP) is 7.42. The first-order valence-electron chi connectivity index (χ1n) is 12.3. The number of anilines is 1. The van der Waals surface area contributed by atoms with Gasteiger partial charge in [-0.3, -0.25) is 14.2 Å². The quantitative estimate of drug-likeness (QED) is 0.219. The van der Waals surface area contributed by atoms with Crippen LogP contribution in [-0.4, -0.2) is 19.5 Å². The molecule has 40 heavy (non-hydrogen) atoms. The Bertz CT molecular complexity index is 2040. The van der Waals surface area contributed by atoms with E-state index >= 15 is 0 Å². The van der Waals surface area contributed by atoms with E-state index in [1.54, 1.807) is 16.7 Å². The van der Waals surface area contributed by atoms with Gasteiger partial charge in [0.1, 0.15) is 23.2 Å². The van der Waals surface area contributed by atoms with Crippen molar-refractivity contribution in [2.24, 2.45) is 0 Å². The number of benzene rings is 3. The van der Waals surface area contributed by atoms with E-state index in [4.69, 9.17) is 34.8 Å². The van der Waals surface area contributed by atoms with Gasteiger partial charge in [0.15, 0.2) is 5.43 Å². The number of fused-ring (bicyclic) bond motifs is 2. The smallest absolute Gasteiger partial charge is 0.263 e. The van der Waals surface area contributed by atoms with E-state index in [1.807, 2.05) is 61.5 Å². The minimum Gasteiger partial charge on any atom is -0.361 e. The average Bonchev–Trinajstić information content (AvgIpc) is 2.96. The first-order chi connectivity index (χ1) is 19.3. The van der Waals surface area contributed by atoms with Crippen LogP contribution in [0.1, 0.15) is 18.7 Å². The summed E-state index contributed by atoms with van der Waals surface area (Å²) in [5.41, 5.74) is 2.45. The van der Waals surface area contributed by atoms with E-state index in [0.29, 0.717) is 59.6 Å². The van der Waals surface area contributed by atoms with Crippen molar-refractivity contribution >= 4 is 62.4 Å². The molecule has 3 aromatic carbocycles. The summed E-state index contributed by atoms with van der Waals surface area (Å²) in [6.07, 6.45) is 2.90. The van der Waals surface area contributed by atoms with Gasteiger partial charge in [0, 0.05) is 23.3 Å². The molecular weight excluding hydrogens is 569 g/mol. The minimum absolute atomic E-state index is 0.236. The molecule has 0 aliphatic rings. The number of rotatable bonds is 5. The lowest BCUT2D eigenvalue weighted by Gasteiger charge is -2.24. The summed E-state index contributed by atoms with van der Waals surface area (Å²) < 4.78 is 1.59. The number of nitrogens with one attached hydrogen (secondary N) is 2. The molecule has 3 heterocycles. The molecule has 198 valence electrons. The summed E-state index contributed by atoms with van der Waals surface area (Å²) in [5.74, 6) is 0.326. The molecule has 1 atom stereocenters. The molecule has 10 heteroatoms. The van der Waals surface area contributed by atoms with Gasteiger partial charge in [-0.05, 0) is 42.3 Å². The highest BCUT2D eigenvalue weighted by atomic mass is 35.5. The van der Waals surface area contributed by atoms with Crippen LogP contribution >= 0.6 is 34.8 Å². The summed E-state index contributed by atoms with van der Waals surface area (Å²) >= 11 is 19.6. The predicted molar refractivity (Wildman–Crippen MR) is 162 cm³/mol. The topological polar surface area (TPSA) is 92.7 Å². The van der Waals surface area contributed by atoms with Crippen molar-refractivity contribution in [1.29, 1.82) is 0 Å². The Labute approximate surface area is 243 Å². The molecule has 6 aromatic rings. The van der Waals surface area contributed by atoms with Crippen LogP contribution < -0.4 is 16.3 Å². The van der Waals surface area contributed by atoms with Crippen LogP contribution in [-0.2, 0) is 0 Å². The lowest BCUT2D eigenvalue weighted by Crippen LogP contribution is -2.27. The Hall–Kier alpha value is -4.17. The van der Waals surface area contributed by atoms with Crippen LogP contribution in [0.3, 0.4) is 0 Å². The molecule has 0 fully saturated rings. The van der Waals surface area contributed by atoms with Crippen molar-refractivity contribution in [1.82, 2.24) is 19.5 Å². The van der Waals surface area contributed by atoms with Crippen molar-refractivity contribution in [2.45, 2.75) is 13.0 Å². The highest BCUT2D eigenvalue weighted by Gasteiger charge is 2.24. The summed E-state index contributed by atoms with van der Waals surface area (Å²) in [6, 6.07) is 20.9. The van der Waals surface area contributed by atoms with Gasteiger partial charge in [0.25, 0.3) is 5.56 Å². The lowest BCUT2D eigenvalue weighted by molar-refractivity contribution is 0.774. The van der Waals surface area contributed by atoms with Crippen molar-refractivity contribution < 1.29 is 0 Å². The van der Waals surface area contributed by atoms with Gasteiger partial charge in [-0.25, -0.2) is 9.97 Å². The number of aromatic amines is 1. The molecule has 0 aliphatic carbocycles. The summed E-state index contributed by atoms with van der Waals surface area (Å²) in [4.78, 5) is 38.5. The van der Waals surface area contributed by atoms with E-state index < -0.39 is 6.04 Å². The Morgan fingerprint density at radius 3 is 2.45 bits per heavy atom. The number of H-pyrrole nitrogens is 1. The molecule has 0 amide bonds. The maximum atomic E-state index is 14.4. The fourth-order valence-electron chi connectivity index (χ4n) is 4.94. The second-order valence-electron chi connectivity index (χ2n) is 9.19. The third kappa shape index (κ3) is 4.42. The van der Waals surface area contributed by atoms with Gasteiger partial charge in [0.05, 0.1) is 32.2 Å². The third-order valence-corrected chi connectivity index (χ3v) is 7.88. The maximum Gasteiger partial charge on any atom is 0.263 e. The zero-order valence-electron chi connectivity index (χ0n) is 21.0. The fourth-order valence-corrected chi connectivity index (χ4v) is 5.64. The van der Waals surface area contributed by atoms with Gasteiger partial charge >= 0.3 is 0 Å². The van der Waals surface area contributed by atoms with Gasteiger partial charge in [-0.2, -0.15) is 0 Å². The second-order valence-corrected chi connectivity index (χ2v) is 10.4. The van der Waals surface area contributed by atoms with Crippen molar-refractivity contribution in [3.63, 3.8) is 0 Å². The van der Waals surface area contributed by atoms with Crippen LogP contribution in [0.2, 0.25) is 15.1 Å². The zero-order valence-corrected chi connectivity index (χ0v) is 23.2. The zero-order chi connectivity index (χ0) is 28.0. The minimum atomic E-state index is -0.545. The van der Waals surface area contributed by atoms with Gasteiger partial charge < -0.3 is 10.3 Å². The summed E-state index contributed by atoms with van der Waals surface area (Å²) in [6.45, 7) is 1.86. The largest absolute Gasteiger partial charge is 0.361 e. The average molecular weight is 589 g/mol. The molecule has 0 unspecified atom stereocenters. The number of pyridine rings is 2. The first kappa shape index (κ1) is 26.1. The number of halogens is 3. The third-order valence-electron chi connectivity index (χ3n) is 6.74. The molecule has 0 radical (unpaired) electrons. The van der Waals surface area contributed by atoms with Crippen molar-refractivity contribution in [3.05, 3.63) is 127 Å². The normalized spacial score (nSPS) is 12.1. The highest BCUT2D eigenvalue weighted by Crippen LogP contribution is 2.37. The van der Waals surface area contributed by atoms with Crippen molar-refractivity contribution in [2.75, 3.05) is 5.32 Å². The Kier molecular flexibility index (Phi) is 6.80. The van der Waals surface area contributed by atoms with Crippen LogP contribution in [0.4, 0.5) is 5.82 Å². The van der Waals surface area contributed by atoms with E-state index in [9.17, 15) is 9.59 Å². The summed E-state index contributed by atoms with van der Waals surface area (Å²) in [7, 11) is 0. The maximum absolute atomic E-state index is 14.4. The monoisotopic (exact) mass is 587 g/mol. The second kappa shape index (κ2) is 10.4. The van der Waals surface area contributed by atoms with E-state index in [2.05, 4.69) is 20.3 Å². The van der Waals surface area contributed by atoms with E-state index in [1.165, 1.54) is 18.6 Å². The molecule has 0 aliphatic heterocycles. The number of para-hydroxylation sites is 1. The molecule has 0 bridgehead atoms. The van der Waals surface area contributed by atoms with Crippen LogP contribution in [0.15, 0.2) is 94.9 Å². The van der Waals surface area contributed by atoms with E-state index in [-0.39, 0.29) is 11.0 Å². The van der Waals surface area contributed by atoms with Crippen LogP contribution in [0, 0.1) is 0 Å². The molecule has 0 saturated heterocycles. The summed E-state index contributed by atoms with van der Waals surface area (Å²) in [5, 5.41) is 5.81.